The third-order valence-corrected chi connectivity index (χ3v) is 5.55. The number of nitriles is 1. The molecule has 8 nitrogen and oxygen atoms in total. The standard InChI is InChI=1S/C22H18ClF3N6O2/c23-16-5-1-2-6-17(16)32-20(12-18(29-32)22(24,25)26)34-14-19(33)30-8-10-31(11-9-30)21-15(13-27)4-3-7-28-21/h1-7,12H,8-11,14H2. The highest BCUT2D eigenvalue weighted by Gasteiger charge is 2.36. The highest BCUT2D eigenvalue weighted by molar-refractivity contribution is 6.32. The summed E-state index contributed by atoms with van der Waals surface area (Å²) in [5.74, 6) is -0.0853. The number of aromatic nitrogens is 3. The number of alkyl halides is 3. The quantitative estimate of drug-likeness (QED) is 0.543. The topological polar surface area (TPSA) is 87.3 Å². The maximum absolute atomic E-state index is 13.2. The molecule has 3 heterocycles. The van der Waals surface area contributed by atoms with Crippen LogP contribution in [-0.2, 0) is 11.0 Å². The number of carbonyl (C=O) groups is 1. The molecule has 0 aliphatic carbocycles. The fourth-order valence-corrected chi connectivity index (χ4v) is 3.75. The zero-order valence-electron chi connectivity index (χ0n) is 17.7. The Labute approximate surface area is 197 Å². The minimum Gasteiger partial charge on any atom is -0.467 e. The van der Waals surface area contributed by atoms with Gasteiger partial charge in [0.15, 0.2) is 12.3 Å². The van der Waals surface area contributed by atoms with Crippen LogP contribution >= 0.6 is 11.6 Å². The number of anilines is 1. The lowest BCUT2D eigenvalue weighted by molar-refractivity contribution is -0.141. The predicted molar refractivity (Wildman–Crippen MR) is 117 cm³/mol. The summed E-state index contributed by atoms with van der Waals surface area (Å²) in [5, 5.41) is 13.0. The van der Waals surface area contributed by atoms with E-state index < -0.39 is 18.5 Å². The van der Waals surface area contributed by atoms with Gasteiger partial charge in [0, 0.05) is 38.4 Å². The maximum atomic E-state index is 13.2. The zero-order valence-corrected chi connectivity index (χ0v) is 18.4. The number of pyridine rings is 1. The molecular formula is C22H18ClF3N6O2. The second-order valence-electron chi connectivity index (χ2n) is 7.37. The average molecular weight is 491 g/mol. The first-order valence-electron chi connectivity index (χ1n) is 10.2. The number of amides is 1. The molecule has 0 spiro atoms. The Bertz CT molecular complexity index is 1230. The van der Waals surface area contributed by atoms with Crippen molar-refractivity contribution in [3.8, 4) is 17.6 Å². The lowest BCUT2D eigenvalue weighted by Gasteiger charge is -2.35. The third kappa shape index (κ3) is 4.92. The van der Waals surface area contributed by atoms with Crippen LogP contribution in [0.15, 0.2) is 48.7 Å². The second kappa shape index (κ2) is 9.61. The summed E-state index contributed by atoms with van der Waals surface area (Å²) in [6.07, 6.45) is -3.10. The van der Waals surface area contributed by atoms with Gasteiger partial charge in [-0.05, 0) is 24.3 Å². The fraction of sp³-hybridized carbons (Fsp3) is 0.273. The van der Waals surface area contributed by atoms with Crippen LogP contribution in [0, 0.1) is 11.3 Å². The van der Waals surface area contributed by atoms with Crippen LogP contribution < -0.4 is 9.64 Å². The van der Waals surface area contributed by atoms with Crippen LogP contribution in [0.3, 0.4) is 0 Å². The van der Waals surface area contributed by atoms with E-state index in [4.69, 9.17) is 16.3 Å². The number of para-hydroxylation sites is 1. The molecule has 0 bridgehead atoms. The Morgan fingerprint density at radius 3 is 2.56 bits per heavy atom. The van der Waals surface area contributed by atoms with Crippen LogP contribution in [0.1, 0.15) is 11.3 Å². The lowest BCUT2D eigenvalue weighted by atomic mass is 10.2. The molecule has 1 aliphatic rings. The van der Waals surface area contributed by atoms with Crippen LogP contribution in [0.2, 0.25) is 5.02 Å². The van der Waals surface area contributed by atoms with Crippen LogP contribution in [-0.4, -0.2) is 58.4 Å². The van der Waals surface area contributed by atoms with E-state index in [1.54, 1.807) is 35.4 Å². The van der Waals surface area contributed by atoms with Crippen molar-refractivity contribution in [1.29, 1.82) is 5.26 Å². The molecule has 0 atom stereocenters. The van der Waals surface area contributed by atoms with Gasteiger partial charge in [0.05, 0.1) is 16.3 Å². The van der Waals surface area contributed by atoms with Crippen molar-refractivity contribution in [2.24, 2.45) is 0 Å². The molecule has 34 heavy (non-hydrogen) atoms. The number of hydrogen-bond donors (Lipinski definition) is 0. The molecule has 12 heteroatoms. The first-order chi connectivity index (χ1) is 16.3. The van der Waals surface area contributed by atoms with Crippen LogP contribution in [0.25, 0.3) is 5.69 Å². The molecule has 1 aliphatic heterocycles. The normalized spacial score (nSPS) is 14.1. The minimum absolute atomic E-state index is 0.179. The largest absolute Gasteiger partial charge is 0.467 e. The van der Waals surface area contributed by atoms with Crippen molar-refractivity contribution in [2.45, 2.75) is 6.18 Å². The van der Waals surface area contributed by atoms with Gasteiger partial charge in [0.25, 0.3) is 5.91 Å². The SMILES string of the molecule is N#Cc1cccnc1N1CCN(C(=O)COc2cc(C(F)(F)F)nn2-c2ccccc2Cl)CC1. The van der Waals surface area contributed by atoms with Crippen molar-refractivity contribution < 1.29 is 22.7 Å². The van der Waals surface area contributed by atoms with Gasteiger partial charge in [-0.15, -0.1) is 0 Å². The predicted octanol–water partition coefficient (Wildman–Crippen LogP) is 3.54. The highest BCUT2D eigenvalue weighted by Crippen LogP contribution is 2.33. The van der Waals surface area contributed by atoms with Crippen LogP contribution in [0.5, 0.6) is 5.88 Å². The number of carbonyl (C=O) groups excluding carboxylic acids is 1. The third-order valence-electron chi connectivity index (χ3n) is 5.23. The lowest BCUT2D eigenvalue weighted by Crippen LogP contribution is -2.50. The molecule has 0 unspecified atom stereocenters. The minimum atomic E-state index is -4.70. The Morgan fingerprint density at radius 1 is 1.15 bits per heavy atom. The molecule has 0 saturated carbocycles. The maximum Gasteiger partial charge on any atom is 0.435 e. The number of rotatable bonds is 5. The van der Waals surface area contributed by atoms with E-state index in [1.165, 1.54) is 12.1 Å². The first kappa shape index (κ1) is 23.4. The molecule has 176 valence electrons. The van der Waals surface area contributed by atoms with Crippen molar-refractivity contribution in [1.82, 2.24) is 19.7 Å². The number of piperazine rings is 1. The van der Waals surface area contributed by atoms with Gasteiger partial charge in [0.1, 0.15) is 11.9 Å². The Balaban J connectivity index is 1.44. The van der Waals surface area contributed by atoms with E-state index in [1.807, 2.05) is 4.90 Å². The summed E-state index contributed by atoms with van der Waals surface area (Å²) < 4.78 is 46.1. The number of nitrogens with zero attached hydrogens (tertiary/aromatic N) is 6. The average Bonchev–Trinajstić information content (AvgIpc) is 3.27. The summed E-state index contributed by atoms with van der Waals surface area (Å²) in [4.78, 5) is 20.4. The number of halogens is 4. The van der Waals surface area contributed by atoms with Gasteiger partial charge in [-0.2, -0.15) is 28.2 Å². The zero-order chi connectivity index (χ0) is 24.3. The summed E-state index contributed by atoms with van der Waals surface area (Å²) in [6, 6.07) is 12.4. The summed E-state index contributed by atoms with van der Waals surface area (Å²) in [6.45, 7) is 1.13. The van der Waals surface area contributed by atoms with E-state index in [0.717, 1.165) is 10.7 Å². The molecule has 1 fully saturated rings. The Hall–Kier alpha value is -3.78. The van der Waals surface area contributed by atoms with Gasteiger partial charge in [0.2, 0.25) is 5.88 Å². The van der Waals surface area contributed by atoms with Gasteiger partial charge in [-0.3, -0.25) is 4.79 Å². The van der Waals surface area contributed by atoms with E-state index in [2.05, 4.69) is 16.2 Å². The molecular weight excluding hydrogens is 473 g/mol. The van der Waals surface area contributed by atoms with Gasteiger partial charge in [-0.1, -0.05) is 23.7 Å². The first-order valence-corrected chi connectivity index (χ1v) is 10.6. The Morgan fingerprint density at radius 2 is 1.88 bits per heavy atom. The van der Waals surface area contributed by atoms with E-state index in [0.29, 0.717) is 37.6 Å². The second-order valence-corrected chi connectivity index (χ2v) is 7.78. The molecule has 0 radical (unpaired) electrons. The van der Waals surface area contributed by atoms with Crippen molar-refractivity contribution >= 4 is 23.3 Å². The summed E-state index contributed by atoms with van der Waals surface area (Å²) in [5.41, 5.74) is -0.523. The van der Waals surface area contributed by atoms with Crippen LogP contribution in [0.4, 0.5) is 19.0 Å². The van der Waals surface area contributed by atoms with Crippen molar-refractivity contribution in [2.75, 3.05) is 37.7 Å². The fourth-order valence-electron chi connectivity index (χ4n) is 3.53. The molecule has 0 N–H and O–H groups in total. The highest BCUT2D eigenvalue weighted by atomic mass is 35.5. The number of hydrogen-bond acceptors (Lipinski definition) is 6. The van der Waals surface area contributed by atoms with Crippen molar-refractivity contribution in [3.63, 3.8) is 0 Å². The monoisotopic (exact) mass is 490 g/mol. The Kier molecular flexibility index (Phi) is 6.61. The molecule has 1 amide bonds. The molecule has 2 aromatic heterocycles. The smallest absolute Gasteiger partial charge is 0.435 e. The molecule has 1 aromatic carbocycles. The van der Waals surface area contributed by atoms with E-state index in [9.17, 15) is 23.2 Å². The molecule has 4 rings (SSSR count). The van der Waals surface area contributed by atoms with E-state index >= 15 is 0 Å². The van der Waals surface area contributed by atoms with Gasteiger partial charge >= 0.3 is 6.18 Å². The number of ether oxygens (including phenoxy) is 1. The van der Waals surface area contributed by atoms with Gasteiger partial charge in [-0.25, -0.2) is 4.98 Å². The van der Waals surface area contributed by atoms with E-state index in [-0.39, 0.29) is 22.5 Å². The van der Waals surface area contributed by atoms with Gasteiger partial charge < -0.3 is 14.5 Å². The summed E-state index contributed by atoms with van der Waals surface area (Å²) in [7, 11) is 0. The molecule has 1 saturated heterocycles. The molecule has 3 aromatic rings. The number of benzene rings is 1. The summed E-state index contributed by atoms with van der Waals surface area (Å²) >= 11 is 6.12. The van der Waals surface area contributed by atoms with Crippen molar-refractivity contribution in [3.05, 3.63) is 64.9 Å².